The molecule has 0 bridgehead atoms. The van der Waals surface area contributed by atoms with Gasteiger partial charge in [-0.05, 0) is 42.7 Å². The minimum atomic E-state index is -3.64. The molecule has 0 unspecified atom stereocenters. The summed E-state index contributed by atoms with van der Waals surface area (Å²) < 4.78 is 23.5. The molecule has 1 aromatic rings. The molecular formula is C15H22N2O4S. The molecule has 1 aromatic carbocycles. The number of nitrogens with one attached hydrogen (secondary N) is 1. The Bertz CT molecular complexity index is 679. The van der Waals surface area contributed by atoms with Crippen molar-refractivity contribution in [3.05, 3.63) is 28.3 Å². The number of hydrogen-bond donors (Lipinski definition) is 1. The van der Waals surface area contributed by atoms with Gasteiger partial charge in [0.1, 0.15) is 10.6 Å². The molecule has 6 nitrogen and oxygen atoms in total. The van der Waals surface area contributed by atoms with E-state index in [-0.39, 0.29) is 21.7 Å². The molecule has 0 amide bonds. The Morgan fingerprint density at radius 2 is 2.00 bits per heavy atom. The molecule has 0 aromatic heterocycles. The van der Waals surface area contributed by atoms with Gasteiger partial charge < -0.3 is 5.32 Å². The van der Waals surface area contributed by atoms with Crippen LogP contribution in [0.4, 0.5) is 11.4 Å². The predicted molar refractivity (Wildman–Crippen MR) is 85.8 cm³/mol. The Kier molecular flexibility index (Phi) is 4.47. The number of para-hydroxylation sites is 1. The van der Waals surface area contributed by atoms with Crippen LogP contribution >= 0.6 is 0 Å². The minimum Gasteiger partial charge on any atom is -0.379 e. The van der Waals surface area contributed by atoms with Gasteiger partial charge in [-0.25, -0.2) is 8.42 Å². The Balaban J connectivity index is 2.27. The highest BCUT2D eigenvalue weighted by atomic mass is 32.2. The maximum atomic E-state index is 11.7. The van der Waals surface area contributed by atoms with E-state index in [1.807, 2.05) is 0 Å². The summed E-state index contributed by atoms with van der Waals surface area (Å²) in [5.41, 5.74) is 0.122. The summed E-state index contributed by atoms with van der Waals surface area (Å²) in [4.78, 5) is 10.4. The molecule has 7 heteroatoms. The van der Waals surface area contributed by atoms with Gasteiger partial charge in [0.25, 0.3) is 0 Å². The zero-order valence-electron chi connectivity index (χ0n) is 13.1. The van der Waals surface area contributed by atoms with Crippen molar-refractivity contribution in [3.8, 4) is 0 Å². The second-order valence-corrected chi connectivity index (χ2v) is 8.62. The summed E-state index contributed by atoms with van der Waals surface area (Å²) >= 11 is 0. The molecular weight excluding hydrogens is 304 g/mol. The third kappa shape index (κ3) is 3.76. The van der Waals surface area contributed by atoms with Crippen molar-refractivity contribution in [3.63, 3.8) is 0 Å². The SMILES string of the molecule is CC(C)CC1(CNc2cccc(S(C)(=O)=O)c2[N+](=O)[O-])CC1. The van der Waals surface area contributed by atoms with E-state index in [1.54, 1.807) is 6.07 Å². The zero-order chi connectivity index (χ0) is 16.5. The van der Waals surface area contributed by atoms with Crippen LogP contribution in [0.2, 0.25) is 0 Å². The van der Waals surface area contributed by atoms with Crippen LogP contribution in [0.15, 0.2) is 23.1 Å². The predicted octanol–water partition coefficient (Wildman–Crippen LogP) is 3.24. The molecule has 1 aliphatic carbocycles. The van der Waals surface area contributed by atoms with E-state index in [9.17, 15) is 18.5 Å². The van der Waals surface area contributed by atoms with Gasteiger partial charge in [-0.2, -0.15) is 0 Å². The van der Waals surface area contributed by atoms with Gasteiger partial charge in [0.2, 0.25) is 0 Å². The van der Waals surface area contributed by atoms with Crippen LogP contribution in [0.3, 0.4) is 0 Å². The van der Waals surface area contributed by atoms with Gasteiger partial charge in [-0.3, -0.25) is 10.1 Å². The minimum absolute atomic E-state index is 0.198. The van der Waals surface area contributed by atoms with Crippen molar-refractivity contribution in [2.75, 3.05) is 18.1 Å². The fourth-order valence-corrected chi connectivity index (χ4v) is 3.79. The first kappa shape index (κ1) is 16.7. The standard InChI is InChI=1S/C15H22N2O4S/c1-11(2)9-15(7-8-15)10-16-12-5-4-6-13(22(3,20)21)14(12)17(18)19/h4-6,11,16H,7-10H2,1-3H3. The Hall–Kier alpha value is -1.63. The van der Waals surface area contributed by atoms with E-state index in [0.29, 0.717) is 12.5 Å². The molecule has 0 radical (unpaired) electrons. The number of nitro groups is 1. The maximum Gasteiger partial charge on any atom is 0.310 e. The molecule has 1 aliphatic rings. The van der Waals surface area contributed by atoms with E-state index < -0.39 is 14.8 Å². The van der Waals surface area contributed by atoms with Gasteiger partial charge in [0.15, 0.2) is 9.84 Å². The molecule has 2 rings (SSSR count). The first-order valence-corrected chi connectivity index (χ1v) is 9.25. The van der Waals surface area contributed by atoms with E-state index in [4.69, 9.17) is 0 Å². The normalized spacial score (nSPS) is 16.5. The highest BCUT2D eigenvalue weighted by molar-refractivity contribution is 7.90. The molecule has 22 heavy (non-hydrogen) atoms. The van der Waals surface area contributed by atoms with Crippen molar-refractivity contribution in [1.29, 1.82) is 0 Å². The van der Waals surface area contributed by atoms with Gasteiger partial charge >= 0.3 is 5.69 Å². The fraction of sp³-hybridized carbons (Fsp3) is 0.600. The summed E-state index contributed by atoms with van der Waals surface area (Å²) in [6, 6.07) is 4.38. The van der Waals surface area contributed by atoms with Crippen LogP contribution in [-0.4, -0.2) is 26.1 Å². The van der Waals surface area contributed by atoms with Crippen molar-refractivity contribution in [1.82, 2.24) is 0 Å². The summed E-state index contributed by atoms with van der Waals surface area (Å²) in [7, 11) is -3.64. The number of hydrogen-bond acceptors (Lipinski definition) is 5. The number of sulfone groups is 1. The second kappa shape index (κ2) is 5.87. The zero-order valence-corrected chi connectivity index (χ0v) is 13.9. The molecule has 0 atom stereocenters. The van der Waals surface area contributed by atoms with E-state index in [0.717, 1.165) is 25.5 Å². The molecule has 1 fully saturated rings. The van der Waals surface area contributed by atoms with Crippen LogP contribution in [0.25, 0.3) is 0 Å². The summed E-state index contributed by atoms with van der Waals surface area (Å²) in [6.45, 7) is 4.96. The first-order valence-electron chi connectivity index (χ1n) is 7.36. The molecule has 0 aliphatic heterocycles. The van der Waals surface area contributed by atoms with Crippen LogP contribution in [0.1, 0.15) is 33.1 Å². The molecule has 1 N–H and O–H groups in total. The lowest BCUT2D eigenvalue weighted by molar-refractivity contribution is -0.386. The number of benzene rings is 1. The third-order valence-corrected chi connectivity index (χ3v) is 5.16. The number of anilines is 1. The van der Waals surface area contributed by atoms with Crippen LogP contribution in [0.5, 0.6) is 0 Å². The third-order valence-electron chi connectivity index (χ3n) is 4.03. The maximum absolute atomic E-state index is 11.7. The van der Waals surface area contributed by atoms with Gasteiger partial charge in [0, 0.05) is 12.8 Å². The van der Waals surface area contributed by atoms with Crippen LogP contribution < -0.4 is 5.32 Å². The van der Waals surface area contributed by atoms with E-state index in [2.05, 4.69) is 19.2 Å². The number of nitrogens with zero attached hydrogens (tertiary/aromatic N) is 1. The Labute approximate surface area is 131 Å². The number of rotatable bonds is 7. The van der Waals surface area contributed by atoms with Gasteiger partial charge in [-0.15, -0.1) is 0 Å². The van der Waals surface area contributed by atoms with Crippen molar-refractivity contribution < 1.29 is 13.3 Å². The average molecular weight is 326 g/mol. The van der Waals surface area contributed by atoms with Crippen LogP contribution in [0, 0.1) is 21.4 Å². The fourth-order valence-electron chi connectivity index (χ4n) is 2.93. The Morgan fingerprint density at radius 3 is 2.45 bits per heavy atom. The van der Waals surface area contributed by atoms with Crippen LogP contribution in [-0.2, 0) is 9.84 Å². The van der Waals surface area contributed by atoms with Crippen molar-refractivity contribution >= 4 is 21.2 Å². The molecule has 1 saturated carbocycles. The van der Waals surface area contributed by atoms with Gasteiger partial charge in [0.05, 0.1) is 4.92 Å². The number of nitro benzene ring substituents is 1. The topological polar surface area (TPSA) is 89.3 Å². The first-order chi connectivity index (χ1) is 10.1. The van der Waals surface area contributed by atoms with Gasteiger partial charge in [-0.1, -0.05) is 19.9 Å². The van der Waals surface area contributed by atoms with E-state index in [1.165, 1.54) is 12.1 Å². The molecule has 0 spiro atoms. The highest BCUT2D eigenvalue weighted by Gasteiger charge is 2.42. The average Bonchev–Trinajstić information content (AvgIpc) is 3.14. The lowest BCUT2D eigenvalue weighted by atomic mass is 9.94. The monoisotopic (exact) mass is 326 g/mol. The highest BCUT2D eigenvalue weighted by Crippen LogP contribution is 2.50. The second-order valence-electron chi connectivity index (χ2n) is 6.63. The largest absolute Gasteiger partial charge is 0.379 e. The summed E-state index contributed by atoms with van der Waals surface area (Å²) in [5, 5.41) is 14.4. The summed E-state index contributed by atoms with van der Waals surface area (Å²) in [6.07, 6.45) is 4.27. The smallest absolute Gasteiger partial charge is 0.310 e. The molecule has 0 saturated heterocycles. The Morgan fingerprint density at radius 1 is 1.36 bits per heavy atom. The quantitative estimate of drug-likeness (QED) is 0.613. The summed E-state index contributed by atoms with van der Waals surface area (Å²) in [5.74, 6) is 0.571. The van der Waals surface area contributed by atoms with E-state index >= 15 is 0 Å². The molecule has 122 valence electrons. The van der Waals surface area contributed by atoms with Crippen molar-refractivity contribution in [2.45, 2.75) is 38.0 Å². The molecule has 0 heterocycles. The lowest BCUT2D eigenvalue weighted by Gasteiger charge is -2.19. The van der Waals surface area contributed by atoms with Crippen molar-refractivity contribution in [2.24, 2.45) is 11.3 Å². The lowest BCUT2D eigenvalue weighted by Crippen LogP contribution is -2.18.